The van der Waals surface area contributed by atoms with Crippen molar-refractivity contribution in [3.63, 3.8) is 0 Å². The minimum atomic E-state index is 0.0202. The molecule has 2 aromatic rings. The number of benzene rings is 1. The average molecular weight is 258 g/mol. The number of aromatic nitrogens is 1. The molecular formula is C14H14N2OS. The van der Waals surface area contributed by atoms with Gasteiger partial charge in [0.2, 0.25) is 0 Å². The lowest BCUT2D eigenvalue weighted by Gasteiger charge is -2.10. The Labute approximate surface area is 111 Å². The van der Waals surface area contributed by atoms with Gasteiger partial charge < -0.3 is 10.3 Å². The van der Waals surface area contributed by atoms with Crippen LogP contribution in [-0.2, 0) is 6.54 Å². The molecule has 92 valence electrons. The van der Waals surface area contributed by atoms with E-state index in [2.05, 4.69) is 0 Å². The van der Waals surface area contributed by atoms with Crippen molar-refractivity contribution in [3.05, 3.63) is 69.6 Å². The molecule has 1 heterocycles. The Bertz CT molecular complexity index is 626. The lowest BCUT2D eigenvalue weighted by molar-refractivity contribution is 0.784. The predicted molar refractivity (Wildman–Crippen MR) is 76.9 cm³/mol. The summed E-state index contributed by atoms with van der Waals surface area (Å²) in [5.74, 6) is 0. The SMILES string of the molecule is Cc1cc(C(N)=S)ccc1Cn1ccc(=O)cc1. The summed E-state index contributed by atoms with van der Waals surface area (Å²) in [4.78, 5) is 11.4. The fraction of sp³-hybridized carbons (Fsp3) is 0.143. The van der Waals surface area contributed by atoms with E-state index in [1.54, 1.807) is 24.5 Å². The summed E-state index contributed by atoms with van der Waals surface area (Å²) in [5.41, 5.74) is 8.81. The summed E-state index contributed by atoms with van der Waals surface area (Å²) < 4.78 is 1.96. The number of hydrogen-bond donors (Lipinski definition) is 1. The molecule has 0 aliphatic heterocycles. The van der Waals surface area contributed by atoms with Gasteiger partial charge in [-0.1, -0.05) is 24.4 Å². The maximum absolute atomic E-state index is 11.0. The van der Waals surface area contributed by atoms with Gasteiger partial charge in [-0.2, -0.15) is 0 Å². The number of thiocarbonyl (C=S) groups is 1. The molecule has 0 saturated carbocycles. The number of nitrogens with two attached hydrogens (primary N) is 1. The number of aryl methyl sites for hydroxylation is 1. The van der Waals surface area contributed by atoms with Gasteiger partial charge >= 0.3 is 0 Å². The zero-order valence-electron chi connectivity index (χ0n) is 10.1. The highest BCUT2D eigenvalue weighted by Gasteiger charge is 2.02. The molecule has 0 bridgehead atoms. The van der Waals surface area contributed by atoms with E-state index in [-0.39, 0.29) is 5.43 Å². The molecule has 0 aliphatic carbocycles. The molecule has 18 heavy (non-hydrogen) atoms. The predicted octanol–water partition coefficient (Wildman–Crippen LogP) is 1.84. The van der Waals surface area contributed by atoms with Crippen LogP contribution in [0.25, 0.3) is 0 Å². The molecule has 3 nitrogen and oxygen atoms in total. The van der Waals surface area contributed by atoms with Crippen LogP contribution in [0.4, 0.5) is 0 Å². The van der Waals surface area contributed by atoms with Crippen molar-refractivity contribution in [2.24, 2.45) is 5.73 Å². The zero-order chi connectivity index (χ0) is 13.1. The molecule has 0 spiro atoms. The molecule has 0 unspecified atom stereocenters. The first-order valence-electron chi connectivity index (χ1n) is 5.62. The molecule has 2 N–H and O–H groups in total. The summed E-state index contributed by atoms with van der Waals surface area (Å²) in [6.07, 6.45) is 3.56. The molecule has 4 heteroatoms. The fourth-order valence-corrected chi connectivity index (χ4v) is 1.90. The third-order valence-electron chi connectivity index (χ3n) is 2.84. The Morgan fingerprint density at radius 3 is 2.50 bits per heavy atom. The van der Waals surface area contributed by atoms with Crippen LogP contribution in [0.15, 0.2) is 47.5 Å². The summed E-state index contributed by atoms with van der Waals surface area (Å²) in [6.45, 7) is 2.75. The molecule has 1 aromatic heterocycles. The third kappa shape index (κ3) is 2.84. The third-order valence-corrected chi connectivity index (χ3v) is 3.08. The molecule has 2 rings (SSSR count). The van der Waals surface area contributed by atoms with Gasteiger partial charge in [0, 0.05) is 36.6 Å². The van der Waals surface area contributed by atoms with Gasteiger partial charge in [0.25, 0.3) is 0 Å². The van der Waals surface area contributed by atoms with Crippen molar-refractivity contribution >= 4 is 17.2 Å². The Kier molecular flexibility index (Phi) is 3.58. The van der Waals surface area contributed by atoms with Crippen LogP contribution in [0.3, 0.4) is 0 Å². The lowest BCUT2D eigenvalue weighted by Crippen LogP contribution is -2.10. The van der Waals surface area contributed by atoms with Crippen LogP contribution < -0.4 is 11.2 Å². The fourth-order valence-electron chi connectivity index (χ4n) is 1.77. The number of pyridine rings is 1. The van der Waals surface area contributed by atoms with Crippen LogP contribution >= 0.6 is 12.2 Å². The summed E-state index contributed by atoms with van der Waals surface area (Å²) >= 11 is 4.95. The molecule has 0 radical (unpaired) electrons. The Morgan fingerprint density at radius 2 is 1.94 bits per heavy atom. The van der Waals surface area contributed by atoms with Crippen molar-refractivity contribution in [1.29, 1.82) is 0 Å². The minimum Gasteiger partial charge on any atom is -0.389 e. The van der Waals surface area contributed by atoms with Crippen molar-refractivity contribution in [2.75, 3.05) is 0 Å². The molecular weight excluding hydrogens is 244 g/mol. The Hall–Kier alpha value is -1.94. The smallest absolute Gasteiger partial charge is 0.181 e. The first kappa shape index (κ1) is 12.5. The second-order valence-electron chi connectivity index (χ2n) is 4.21. The molecule has 0 amide bonds. The van der Waals surface area contributed by atoms with Crippen LogP contribution in [0.1, 0.15) is 16.7 Å². The highest BCUT2D eigenvalue weighted by Crippen LogP contribution is 2.12. The zero-order valence-corrected chi connectivity index (χ0v) is 10.9. The van der Waals surface area contributed by atoms with Gasteiger partial charge in [-0.05, 0) is 24.1 Å². The van der Waals surface area contributed by atoms with E-state index in [1.165, 1.54) is 5.56 Å². The Morgan fingerprint density at radius 1 is 1.28 bits per heavy atom. The summed E-state index contributed by atoms with van der Waals surface area (Å²) in [5, 5.41) is 0. The topological polar surface area (TPSA) is 48.0 Å². The molecule has 0 fully saturated rings. The molecule has 0 atom stereocenters. The standard InChI is InChI=1S/C14H14N2OS/c1-10-8-11(14(15)18)2-3-12(10)9-16-6-4-13(17)5-7-16/h2-8H,9H2,1H3,(H2,15,18). The largest absolute Gasteiger partial charge is 0.389 e. The van der Waals surface area contributed by atoms with Gasteiger partial charge in [0.05, 0.1) is 0 Å². The number of hydrogen-bond acceptors (Lipinski definition) is 2. The van der Waals surface area contributed by atoms with Gasteiger partial charge in [-0.15, -0.1) is 0 Å². The van der Waals surface area contributed by atoms with Crippen LogP contribution in [0.2, 0.25) is 0 Å². The van der Waals surface area contributed by atoms with E-state index < -0.39 is 0 Å². The van der Waals surface area contributed by atoms with E-state index in [4.69, 9.17) is 18.0 Å². The number of nitrogens with zero attached hydrogens (tertiary/aromatic N) is 1. The molecule has 0 saturated heterocycles. The van der Waals surface area contributed by atoms with Crippen LogP contribution in [-0.4, -0.2) is 9.56 Å². The monoisotopic (exact) mass is 258 g/mol. The van der Waals surface area contributed by atoms with E-state index in [9.17, 15) is 4.79 Å². The summed E-state index contributed by atoms with van der Waals surface area (Å²) in [6, 6.07) is 9.03. The van der Waals surface area contributed by atoms with Crippen molar-refractivity contribution < 1.29 is 0 Å². The second kappa shape index (κ2) is 5.14. The van der Waals surface area contributed by atoms with Gasteiger partial charge in [0.1, 0.15) is 4.99 Å². The van der Waals surface area contributed by atoms with Crippen molar-refractivity contribution in [3.8, 4) is 0 Å². The summed E-state index contributed by atoms with van der Waals surface area (Å²) in [7, 11) is 0. The Balaban J connectivity index is 2.27. The maximum atomic E-state index is 11.0. The van der Waals surface area contributed by atoms with Crippen LogP contribution in [0, 0.1) is 6.92 Å². The van der Waals surface area contributed by atoms with Crippen molar-refractivity contribution in [2.45, 2.75) is 13.5 Å². The minimum absolute atomic E-state index is 0.0202. The van der Waals surface area contributed by atoms with E-state index >= 15 is 0 Å². The molecule has 0 aliphatic rings. The van der Waals surface area contributed by atoms with E-state index in [0.29, 0.717) is 4.99 Å². The van der Waals surface area contributed by atoms with Gasteiger partial charge in [-0.25, -0.2) is 0 Å². The van der Waals surface area contributed by atoms with Gasteiger partial charge in [-0.3, -0.25) is 4.79 Å². The second-order valence-corrected chi connectivity index (χ2v) is 4.65. The normalized spacial score (nSPS) is 10.3. The highest BCUT2D eigenvalue weighted by atomic mass is 32.1. The average Bonchev–Trinajstić information content (AvgIpc) is 2.34. The first-order valence-corrected chi connectivity index (χ1v) is 6.02. The van der Waals surface area contributed by atoms with Gasteiger partial charge in [0.15, 0.2) is 5.43 Å². The molecule has 1 aromatic carbocycles. The first-order chi connectivity index (χ1) is 8.56. The van der Waals surface area contributed by atoms with Crippen LogP contribution in [0.5, 0.6) is 0 Å². The lowest BCUT2D eigenvalue weighted by atomic mass is 10.0. The quantitative estimate of drug-likeness (QED) is 0.855. The maximum Gasteiger partial charge on any atom is 0.181 e. The van der Waals surface area contributed by atoms with E-state index in [0.717, 1.165) is 17.7 Å². The number of rotatable bonds is 3. The highest BCUT2D eigenvalue weighted by molar-refractivity contribution is 7.80. The van der Waals surface area contributed by atoms with Crippen molar-refractivity contribution in [1.82, 2.24) is 4.57 Å². The van der Waals surface area contributed by atoms with E-state index in [1.807, 2.05) is 29.7 Å².